The van der Waals surface area contributed by atoms with Crippen molar-refractivity contribution in [1.82, 2.24) is 4.90 Å². The number of nitriles is 1. The van der Waals surface area contributed by atoms with Crippen LogP contribution < -0.4 is 4.74 Å². The summed E-state index contributed by atoms with van der Waals surface area (Å²) in [6.07, 6.45) is -3.93. The average Bonchev–Trinajstić information content (AvgIpc) is 2.45. The molecule has 0 aliphatic carbocycles. The largest absolute Gasteiger partial charge is 0.497 e. The van der Waals surface area contributed by atoms with E-state index in [9.17, 15) is 18.0 Å². The lowest BCUT2D eigenvalue weighted by atomic mass is 10.1. The summed E-state index contributed by atoms with van der Waals surface area (Å²) in [6, 6.07) is 6.31. The molecule has 0 heterocycles. The number of benzene rings is 1. The summed E-state index contributed by atoms with van der Waals surface area (Å²) in [5.74, 6) is -1.71. The van der Waals surface area contributed by atoms with Crippen molar-refractivity contribution in [1.29, 1.82) is 5.26 Å². The van der Waals surface area contributed by atoms with E-state index < -0.39 is 24.7 Å². The Morgan fingerprint density at radius 3 is 2.71 bits per heavy atom. The number of carbonyl (C=O) groups excluding carboxylic acids is 1. The fourth-order valence-electron chi connectivity index (χ4n) is 1.74. The van der Waals surface area contributed by atoms with E-state index in [-0.39, 0.29) is 5.56 Å². The van der Waals surface area contributed by atoms with Gasteiger partial charge in [0.05, 0.1) is 13.2 Å². The first kappa shape index (κ1) is 16.6. The Balaban J connectivity index is 3.22. The third-order valence-corrected chi connectivity index (χ3v) is 2.67. The Hall–Kier alpha value is -2.49. The first-order valence-corrected chi connectivity index (χ1v) is 5.87. The molecule has 0 aliphatic rings. The molecule has 0 aliphatic heterocycles. The van der Waals surface area contributed by atoms with E-state index in [0.29, 0.717) is 10.6 Å². The Bertz CT molecular complexity index is 564. The minimum Gasteiger partial charge on any atom is -0.497 e. The van der Waals surface area contributed by atoms with Crippen LogP contribution in [0.2, 0.25) is 0 Å². The number of nitrogens with zero attached hydrogens (tertiary/aromatic N) is 2. The van der Waals surface area contributed by atoms with Gasteiger partial charge in [0, 0.05) is 6.54 Å². The van der Waals surface area contributed by atoms with Crippen molar-refractivity contribution in [2.45, 2.75) is 12.2 Å². The highest BCUT2D eigenvalue weighted by Gasteiger charge is 2.44. The van der Waals surface area contributed by atoms with E-state index in [0.717, 1.165) is 6.08 Å². The molecular formula is C14H13F3N2O2. The van der Waals surface area contributed by atoms with Gasteiger partial charge in [0.2, 0.25) is 0 Å². The molecule has 7 heteroatoms. The molecule has 0 N–H and O–H groups in total. The van der Waals surface area contributed by atoms with E-state index >= 15 is 0 Å². The first-order valence-electron chi connectivity index (χ1n) is 5.87. The van der Waals surface area contributed by atoms with Crippen LogP contribution in [-0.4, -0.2) is 30.6 Å². The minimum atomic E-state index is -5.06. The third kappa shape index (κ3) is 3.99. The van der Waals surface area contributed by atoms with Crippen molar-refractivity contribution in [3.63, 3.8) is 0 Å². The quantitative estimate of drug-likeness (QED) is 0.785. The van der Waals surface area contributed by atoms with Gasteiger partial charge in [-0.15, -0.1) is 6.58 Å². The van der Waals surface area contributed by atoms with Crippen LogP contribution in [-0.2, 0) is 4.79 Å². The Morgan fingerprint density at radius 1 is 1.57 bits per heavy atom. The SMILES string of the molecule is C=CCN(C(=O)C(F)(F)F)C(C#N)c1cccc(OC)c1. The van der Waals surface area contributed by atoms with E-state index in [2.05, 4.69) is 6.58 Å². The Morgan fingerprint density at radius 2 is 2.24 bits per heavy atom. The van der Waals surface area contributed by atoms with Gasteiger partial charge in [0.25, 0.3) is 0 Å². The molecule has 4 nitrogen and oxygen atoms in total. The van der Waals surface area contributed by atoms with E-state index in [1.54, 1.807) is 12.1 Å². The summed E-state index contributed by atoms with van der Waals surface area (Å²) >= 11 is 0. The number of hydrogen-bond donors (Lipinski definition) is 0. The van der Waals surface area contributed by atoms with Crippen molar-refractivity contribution in [3.05, 3.63) is 42.5 Å². The number of ether oxygens (including phenoxy) is 1. The van der Waals surface area contributed by atoms with Crippen molar-refractivity contribution in [2.75, 3.05) is 13.7 Å². The first-order chi connectivity index (χ1) is 9.85. The summed E-state index contributed by atoms with van der Waals surface area (Å²) in [5, 5.41) is 9.17. The predicted octanol–water partition coefficient (Wildman–Crippen LogP) is 2.84. The molecule has 1 unspecified atom stereocenters. The van der Waals surface area contributed by atoms with Gasteiger partial charge < -0.3 is 9.64 Å². The summed E-state index contributed by atoms with van der Waals surface area (Å²) in [4.78, 5) is 11.9. The van der Waals surface area contributed by atoms with Crippen LogP contribution >= 0.6 is 0 Å². The molecule has 0 spiro atoms. The fraction of sp³-hybridized carbons (Fsp3) is 0.286. The van der Waals surface area contributed by atoms with Crippen LogP contribution in [0.1, 0.15) is 11.6 Å². The molecule has 0 radical (unpaired) electrons. The van der Waals surface area contributed by atoms with E-state index in [1.807, 2.05) is 0 Å². The van der Waals surface area contributed by atoms with E-state index in [1.165, 1.54) is 25.3 Å². The standard InChI is InChI=1S/C14H13F3N2O2/c1-3-7-19(13(20)14(15,16)17)12(9-18)10-5-4-6-11(8-10)21-2/h3-6,8,12H,1,7H2,2H3. The highest BCUT2D eigenvalue weighted by Crippen LogP contribution is 2.28. The molecule has 1 rings (SSSR count). The molecule has 112 valence electrons. The number of carbonyl (C=O) groups is 1. The van der Waals surface area contributed by atoms with Crippen LogP contribution in [0.3, 0.4) is 0 Å². The lowest BCUT2D eigenvalue weighted by molar-refractivity contribution is -0.186. The molecule has 0 saturated heterocycles. The maximum Gasteiger partial charge on any atom is 0.471 e. The topological polar surface area (TPSA) is 53.3 Å². The second kappa shape index (κ2) is 6.79. The van der Waals surface area contributed by atoms with Crippen molar-refractivity contribution >= 4 is 5.91 Å². The minimum absolute atomic E-state index is 0.233. The molecule has 0 aromatic heterocycles. The van der Waals surface area contributed by atoms with Crippen LogP contribution in [0, 0.1) is 11.3 Å². The molecule has 1 amide bonds. The normalized spacial score (nSPS) is 12.1. The summed E-state index contributed by atoms with van der Waals surface area (Å²) in [6.45, 7) is 2.92. The summed E-state index contributed by atoms with van der Waals surface area (Å²) in [7, 11) is 1.39. The van der Waals surface area contributed by atoms with Gasteiger partial charge in [-0.3, -0.25) is 4.79 Å². The predicted molar refractivity (Wildman–Crippen MR) is 69.3 cm³/mol. The zero-order valence-electron chi connectivity index (χ0n) is 11.2. The molecule has 0 bridgehead atoms. The number of alkyl halides is 3. The smallest absolute Gasteiger partial charge is 0.471 e. The number of rotatable bonds is 5. The molecular weight excluding hydrogens is 285 g/mol. The lowest BCUT2D eigenvalue weighted by Crippen LogP contribution is -2.43. The highest BCUT2D eigenvalue weighted by atomic mass is 19.4. The number of amides is 1. The molecule has 1 atom stereocenters. The zero-order valence-corrected chi connectivity index (χ0v) is 11.2. The number of halogens is 3. The fourth-order valence-corrected chi connectivity index (χ4v) is 1.74. The number of methoxy groups -OCH3 is 1. The zero-order chi connectivity index (χ0) is 16.0. The molecule has 21 heavy (non-hydrogen) atoms. The molecule has 0 fully saturated rings. The second-order valence-electron chi connectivity index (χ2n) is 4.05. The van der Waals surface area contributed by atoms with Gasteiger partial charge in [-0.1, -0.05) is 18.2 Å². The summed E-state index contributed by atoms with van der Waals surface area (Å²) in [5.41, 5.74) is 0.233. The van der Waals surface area contributed by atoms with Crippen molar-refractivity contribution in [3.8, 4) is 11.8 Å². The monoisotopic (exact) mass is 298 g/mol. The molecule has 0 saturated carbocycles. The number of hydrogen-bond acceptors (Lipinski definition) is 3. The van der Waals surface area contributed by atoms with Gasteiger partial charge >= 0.3 is 12.1 Å². The van der Waals surface area contributed by atoms with Gasteiger partial charge in [-0.2, -0.15) is 18.4 Å². The third-order valence-electron chi connectivity index (χ3n) is 2.67. The van der Waals surface area contributed by atoms with Crippen molar-refractivity contribution in [2.24, 2.45) is 0 Å². The van der Waals surface area contributed by atoms with Crippen LogP contribution in [0.5, 0.6) is 5.75 Å². The van der Waals surface area contributed by atoms with Gasteiger partial charge in [-0.05, 0) is 17.7 Å². The summed E-state index contributed by atoms with van der Waals surface area (Å²) < 4.78 is 42.8. The molecule has 1 aromatic carbocycles. The molecule has 1 aromatic rings. The average molecular weight is 298 g/mol. The lowest BCUT2D eigenvalue weighted by Gasteiger charge is -2.27. The van der Waals surface area contributed by atoms with E-state index in [4.69, 9.17) is 10.00 Å². The van der Waals surface area contributed by atoms with Crippen LogP contribution in [0.4, 0.5) is 13.2 Å². The maximum absolute atomic E-state index is 12.6. The van der Waals surface area contributed by atoms with Gasteiger partial charge in [-0.25, -0.2) is 0 Å². The van der Waals surface area contributed by atoms with Crippen LogP contribution in [0.15, 0.2) is 36.9 Å². The Kier molecular flexibility index (Phi) is 5.36. The van der Waals surface area contributed by atoms with Gasteiger partial charge in [0.1, 0.15) is 11.8 Å². The maximum atomic E-state index is 12.6. The van der Waals surface area contributed by atoms with Crippen LogP contribution in [0.25, 0.3) is 0 Å². The van der Waals surface area contributed by atoms with Gasteiger partial charge in [0.15, 0.2) is 0 Å². The highest BCUT2D eigenvalue weighted by molar-refractivity contribution is 5.82. The van der Waals surface area contributed by atoms with Crippen molar-refractivity contribution < 1.29 is 22.7 Å². The second-order valence-corrected chi connectivity index (χ2v) is 4.05. The Labute approximate surface area is 120 Å².